The Bertz CT molecular complexity index is 1210. The summed E-state index contributed by atoms with van der Waals surface area (Å²) in [5.74, 6) is -0.348. The summed E-state index contributed by atoms with van der Waals surface area (Å²) in [6.45, 7) is -0.295. The number of para-hydroxylation sites is 2. The maximum absolute atomic E-state index is 12.0. The van der Waals surface area contributed by atoms with Gasteiger partial charge in [0.2, 0.25) is 11.6 Å². The minimum Gasteiger partial charge on any atom is -0.484 e. The van der Waals surface area contributed by atoms with Crippen molar-refractivity contribution in [1.29, 1.82) is 0 Å². The Hall–Kier alpha value is -4.61. The molecule has 4 rings (SSSR count). The normalized spacial score (nSPS) is 10.5. The van der Waals surface area contributed by atoms with Crippen molar-refractivity contribution < 1.29 is 14.5 Å². The summed E-state index contributed by atoms with van der Waals surface area (Å²) in [7, 11) is 0. The highest BCUT2D eigenvalue weighted by Gasteiger charge is 2.26. The van der Waals surface area contributed by atoms with E-state index in [2.05, 4.69) is 31.1 Å². The van der Waals surface area contributed by atoms with Gasteiger partial charge in [0, 0.05) is 0 Å². The number of aromatic nitrogens is 5. The van der Waals surface area contributed by atoms with E-state index in [9.17, 15) is 14.9 Å². The lowest BCUT2D eigenvalue weighted by atomic mass is 10.3. The summed E-state index contributed by atoms with van der Waals surface area (Å²) < 4.78 is 6.56. The first kappa shape index (κ1) is 18.7. The van der Waals surface area contributed by atoms with Gasteiger partial charge in [0.05, 0.1) is 10.4 Å². The molecule has 0 radical (unpaired) electrons. The van der Waals surface area contributed by atoms with Crippen molar-refractivity contribution in [3.8, 4) is 11.6 Å². The number of ether oxygens (including phenoxy) is 1. The van der Waals surface area contributed by atoms with Crippen LogP contribution in [0.3, 0.4) is 0 Å². The number of hydrogen-bond donors (Lipinski definition) is 2. The lowest BCUT2D eigenvalue weighted by Crippen LogP contribution is -2.34. The Balaban J connectivity index is 1.55. The molecule has 0 aliphatic carbocycles. The van der Waals surface area contributed by atoms with E-state index in [1.165, 1.54) is 4.68 Å². The van der Waals surface area contributed by atoms with Crippen molar-refractivity contribution >= 4 is 28.4 Å². The molecule has 150 valence electrons. The number of hydrogen-bond acceptors (Lipinski definition) is 9. The first-order valence-electron chi connectivity index (χ1n) is 8.66. The van der Waals surface area contributed by atoms with E-state index in [-0.39, 0.29) is 18.2 Å². The zero-order chi connectivity index (χ0) is 20.9. The highest BCUT2D eigenvalue weighted by molar-refractivity contribution is 5.80. The van der Waals surface area contributed by atoms with Gasteiger partial charge in [-0.15, -0.1) is 5.10 Å². The first-order chi connectivity index (χ1) is 14.6. The first-order valence-corrected chi connectivity index (χ1v) is 8.66. The SMILES string of the molecule is O=C(COc1ccccc1)NNc1ncnc(-n2nnc3ccccc32)c1[N+](=O)[O-]. The fourth-order valence-electron chi connectivity index (χ4n) is 2.64. The number of carbonyl (C=O) groups excluding carboxylic acids is 1. The summed E-state index contributed by atoms with van der Waals surface area (Å²) in [6, 6.07) is 15.7. The number of carbonyl (C=O) groups is 1. The Labute approximate surface area is 168 Å². The van der Waals surface area contributed by atoms with Gasteiger partial charge >= 0.3 is 5.69 Å². The van der Waals surface area contributed by atoms with Gasteiger partial charge in [-0.3, -0.25) is 25.8 Å². The van der Waals surface area contributed by atoms with E-state index in [1.807, 2.05) is 6.07 Å². The molecule has 0 saturated carbocycles. The van der Waals surface area contributed by atoms with E-state index >= 15 is 0 Å². The molecular weight excluding hydrogens is 392 g/mol. The minimum atomic E-state index is -0.666. The molecule has 12 heteroatoms. The van der Waals surface area contributed by atoms with Gasteiger partial charge in [-0.05, 0) is 24.3 Å². The fraction of sp³-hybridized carbons (Fsp3) is 0.0556. The number of benzene rings is 2. The second-order valence-corrected chi connectivity index (χ2v) is 5.92. The van der Waals surface area contributed by atoms with Gasteiger partial charge in [-0.2, -0.15) is 4.68 Å². The Morgan fingerprint density at radius 3 is 2.67 bits per heavy atom. The van der Waals surface area contributed by atoms with Crippen LogP contribution < -0.4 is 15.6 Å². The number of nitrogens with zero attached hydrogens (tertiary/aromatic N) is 6. The molecular formula is C18H14N8O4. The van der Waals surface area contributed by atoms with Gasteiger partial charge in [-0.25, -0.2) is 9.97 Å². The fourth-order valence-corrected chi connectivity index (χ4v) is 2.64. The van der Waals surface area contributed by atoms with Crippen molar-refractivity contribution in [3.05, 3.63) is 71.0 Å². The van der Waals surface area contributed by atoms with Gasteiger partial charge in [0.15, 0.2) is 6.61 Å². The van der Waals surface area contributed by atoms with Crippen molar-refractivity contribution in [3.63, 3.8) is 0 Å². The van der Waals surface area contributed by atoms with E-state index < -0.39 is 16.5 Å². The van der Waals surface area contributed by atoms with Crippen molar-refractivity contribution in [2.45, 2.75) is 0 Å². The monoisotopic (exact) mass is 406 g/mol. The maximum Gasteiger partial charge on any atom is 0.357 e. The van der Waals surface area contributed by atoms with Crippen molar-refractivity contribution in [1.82, 2.24) is 30.4 Å². The Kier molecular flexibility index (Phi) is 5.11. The summed E-state index contributed by atoms with van der Waals surface area (Å²) in [6.07, 6.45) is 1.12. The van der Waals surface area contributed by atoms with Crippen molar-refractivity contribution in [2.75, 3.05) is 12.0 Å². The number of fused-ring (bicyclic) bond motifs is 1. The van der Waals surface area contributed by atoms with E-state index in [1.54, 1.807) is 48.5 Å². The molecule has 0 bridgehead atoms. The van der Waals surface area contributed by atoms with Gasteiger partial charge in [-0.1, -0.05) is 35.5 Å². The minimum absolute atomic E-state index is 0.0963. The molecule has 12 nitrogen and oxygen atoms in total. The van der Waals surface area contributed by atoms with Gasteiger partial charge in [0.25, 0.3) is 5.91 Å². The molecule has 2 aromatic carbocycles. The highest BCUT2D eigenvalue weighted by Crippen LogP contribution is 2.28. The molecule has 0 fully saturated rings. The standard InChI is InChI=1S/C18H14N8O4/c27-15(10-30-12-6-2-1-3-7-12)22-23-17-16(26(28)29)18(20-11-19-17)25-14-9-5-4-8-13(14)21-24-25/h1-9,11H,10H2,(H,22,27)(H,19,20,23). The molecule has 2 N–H and O–H groups in total. The zero-order valence-electron chi connectivity index (χ0n) is 15.3. The number of nitrogens with one attached hydrogen (secondary N) is 2. The third-order valence-electron chi connectivity index (χ3n) is 3.97. The predicted molar refractivity (Wildman–Crippen MR) is 105 cm³/mol. The molecule has 0 aliphatic heterocycles. The summed E-state index contributed by atoms with van der Waals surface area (Å²) >= 11 is 0. The number of nitro groups is 1. The molecule has 4 aromatic rings. The molecule has 30 heavy (non-hydrogen) atoms. The zero-order valence-corrected chi connectivity index (χ0v) is 15.3. The van der Waals surface area contributed by atoms with Crippen LogP contribution >= 0.6 is 0 Å². The smallest absolute Gasteiger partial charge is 0.357 e. The van der Waals surface area contributed by atoms with Crippen LogP contribution in [0.1, 0.15) is 0 Å². The molecule has 0 spiro atoms. The quantitative estimate of drug-likeness (QED) is 0.345. The highest BCUT2D eigenvalue weighted by atomic mass is 16.6. The third kappa shape index (κ3) is 3.82. The van der Waals surface area contributed by atoms with Crippen LogP contribution in [0.2, 0.25) is 0 Å². The van der Waals surface area contributed by atoms with Crippen molar-refractivity contribution in [2.24, 2.45) is 0 Å². The summed E-state index contributed by atoms with van der Waals surface area (Å²) in [5.41, 5.74) is 5.37. The van der Waals surface area contributed by atoms with Gasteiger partial charge in [0.1, 0.15) is 17.6 Å². The van der Waals surface area contributed by atoms with Gasteiger partial charge < -0.3 is 4.74 Å². The van der Waals surface area contributed by atoms with Crippen LogP contribution in [0, 0.1) is 10.1 Å². The molecule has 2 aromatic heterocycles. The lowest BCUT2D eigenvalue weighted by Gasteiger charge is -2.10. The van der Waals surface area contributed by atoms with Crippen LogP contribution in [-0.2, 0) is 4.79 Å². The Morgan fingerprint density at radius 2 is 1.87 bits per heavy atom. The van der Waals surface area contributed by atoms with Crippen LogP contribution in [0.5, 0.6) is 5.75 Å². The molecule has 0 saturated heterocycles. The molecule has 0 unspecified atom stereocenters. The largest absolute Gasteiger partial charge is 0.484 e. The van der Waals surface area contributed by atoms with Crippen LogP contribution in [0.15, 0.2) is 60.9 Å². The van der Waals surface area contributed by atoms with E-state index in [4.69, 9.17) is 4.74 Å². The second-order valence-electron chi connectivity index (χ2n) is 5.92. The van der Waals surface area contributed by atoms with Crippen LogP contribution in [0.4, 0.5) is 11.5 Å². The van der Waals surface area contributed by atoms with E-state index in [0.717, 1.165) is 6.33 Å². The van der Waals surface area contributed by atoms with Crippen LogP contribution in [0.25, 0.3) is 16.9 Å². The molecule has 1 amide bonds. The molecule has 0 atom stereocenters. The topological polar surface area (TPSA) is 150 Å². The average molecular weight is 406 g/mol. The molecule has 2 heterocycles. The molecule has 0 aliphatic rings. The average Bonchev–Trinajstić information content (AvgIpc) is 3.20. The number of hydrazine groups is 1. The number of amides is 1. The maximum atomic E-state index is 12.0. The van der Waals surface area contributed by atoms with Crippen LogP contribution in [-0.4, -0.2) is 42.4 Å². The van der Waals surface area contributed by atoms with E-state index in [0.29, 0.717) is 16.8 Å². The number of rotatable bonds is 7. The second kappa shape index (κ2) is 8.18. The third-order valence-corrected chi connectivity index (χ3v) is 3.97. The Morgan fingerprint density at radius 1 is 1.10 bits per heavy atom. The lowest BCUT2D eigenvalue weighted by molar-refractivity contribution is -0.384. The number of anilines is 1. The summed E-state index contributed by atoms with van der Waals surface area (Å²) in [4.78, 5) is 30.9. The summed E-state index contributed by atoms with van der Waals surface area (Å²) in [5, 5.41) is 19.6. The predicted octanol–water partition coefficient (Wildman–Crippen LogP) is 1.64.